The Labute approximate surface area is 147 Å². The molecule has 24 heavy (non-hydrogen) atoms. The van der Waals surface area contributed by atoms with Crippen molar-refractivity contribution in [2.45, 2.75) is 5.92 Å². The molecule has 0 bridgehead atoms. The van der Waals surface area contributed by atoms with Gasteiger partial charge in [0.2, 0.25) is 0 Å². The zero-order chi connectivity index (χ0) is 16.8. The molecule has 1 aromatic heterocycles. The van der Waals surface area contributed by atoms with Gasteiger partial charge in [0.25, 0.3) is 0 Å². The molecule has 120 valence electrons. The highest BCUT2D eigenvalue weighted by atomic mass is 79.9. The number of ketones is 1. The topological polar surface area (TPSA) is 59.2 Å². The van der Waals surface area contributed by atoms with Crippen LogP contribution in [-0.2, 0) is 9.53 Å². The number of halogens is 1. The quantitative estimate of drug-likeness (QED) is 0.536. The molecule has 0 unspecified atom stereocenters. The molecule has 1 heterocycles. The van der Waals surface area contributed by atoms with E-state index in [1.54, 1.807) is 0 Å². The highest BCUT2D eigenvalue weighted by Crippen LogP contribution is 2.46. The van der Waals surface area contributed by atoms with Crippen LogP contribution in [0.25, 0.3) is 10.9 Å². The van der Waals surface area contributed by atoms with Crippen LogP contribution in [0.1, 0.15) is 27.5 Å². The number of ether oxygens (including phenoxy) is 1. The minimum absolute atomic E-state index is 0.207. The van der Waals surface area contributed by atoms with Gasteiger partial charge < -0.3 is 9.72 Å². The SMILES string of the molecule is COC(=O)[C@H]1C(=O)c2[nH]c3ccccc3c2[C@@H]1c1ccc(Br)cc1. The number of aromatic nitrogens is 1. The van der Waals surface area contributed by atoms with Gasteiger partial charge in [-0.25, -0.2) is 0 Å². The number of fused-ring (bicyclic) bond motifs is 3. The minimum Gasteiger partial charge on any atom is -0.468 e. The van der Waals surface area contributed by atoms with E-state index in [-0.39, 0.29) is 11.7 Å². The summed E-state index contributed by atoms with van der Waals surface area (Å²) in [6.45, 7) is 0. The van der Waals surface area contributed by atoms with Gasteiger partial charge in [-0.2, -0.15) is 0 Å². The molecule has 3 aromatic rings. The normalized spacial score (nSPS) is 19.5. The van der Waals surface area contributed by atoms with Crippen LogP contribution in [0.4, 0.5) is 0 Å². The van der Waals surface area contributed by atoms with E-state index in [0.29, 0.717) is 5.69 Å². The maximum atomic E-state index is 12.9. The van der Waals surface area contributed by atoms with Crippen LogP contribution in [0, 0.1) is 5.92 Å². The van der Waals surface area contributed by atoms with Gasteiger partial charge in [0, 0.05) is 21.3 Å². The molecule has 0 radical (unpaired) electrons. The predicted octanol–water partition coefficient (Wildman–Crippen LogP) is 4.05. The van der Waals surface area contributed by atoms with E-state index in [0.717, 1.165) is 26.5 Å². The molecule has 0 saturated heterocycles. The zero-order valence-corrected chi connectivity index (χ0v) is 14.5. The van der Waals surface area contributed by atoms with Crippen LogP contribution in [-0.4, -0.2) is 23.8 Å². The standard InChI is InChI=1S/C19H14BrNO3/c1-24-19(23)16-14(10-6-8-11(20)9-7-10)15-12-4-2-3-5-13(12)21-17(15)18(16)22/h2-9,14,16,21H,1H3/t14-,16+/m0/s1. The Morgan fingerprint density at radius 1 is 1.12 bits per heavy atom. The summed E-state index contributed by atoms with van der Waals surface area (Å²) in [5.74, 6) is -1.89. The minimum atomic E-state index is -0.845. The van der Waals surface area contributed by atoms with Gasteiger partial charge in [-0.05, 0) is 29.3 Å². The van der Waals surface area contributed by atoms with Gasteiger partial charge in [0.1, 0.15) is 5.92 Å². The van der Waals surface area contributed by atoms with Crippen molar-refractivity contribution in [3.8, 4) is 0 Å². The van der Waals surface area contributed by atoms with Crippen molar-refractivity contribution in [2.75, 3.05) is 7.11 Å². The number of rotatable bonds is 2. The molecule has 4 rings (SSSR count). The number of nitrogens with one attached hydrogen (secondary N) is 1. The molecule has 0 amide bonds. The average Bonchev–Trinajstić information content (AvgIpc) is 3.11. The fourth-order valence-electron chi connectivity index (χ4n) is 3.55. The lowest BCUT2D eigenvalue weighted by molar-refractivity contribution is -0.143. The Bertz CT molecular complexity index is 958. The van der Waals surface area contributed by atoms with Gasteiger partial charge in [0.05, 0.1) is 12.8 Å². The molecule has 0 fully saturated rings. The summed E-state index contributed by atoms with van der Waals surface area (Å²) in [4.78, 5) is 28.4. The maximum Gasteiger partial charge on any atom is 0.317 e. The third-order valence-corrected chi connectivity index (χ3v) is 5.13. The Balaban J connectivity index is 1.98. The lowest BCUT2D eigenvalue weighted by atomic mass is 9.84. The molecule has 1 N–H and O–H groups in total. The summed E-state index contributed by atoms with van der Waals surface area (Å²) in [5.41, 5.74) is 3.22. The third-order valence-electron chi connectivity index (χ3n) is 4.60. The number of carbonyl (C=O) groups is 2. The number of Topliss-reactive ketones (excluding diaryl/α,β-unsaturated/α-hetero) is 1. The van der Waals surface area contributed by atoms with Crippen molar-refractivity contribution in [1.29, 1.82) is 0 Å². The number of hydrogen-bond donors (Lipinski definition) is 1. The zero-order valence-electron chi connectivity index (χ0n) is 12.9. The van der Waals surface area contributed by atoms with Crippen LogP contribution in [0.2, 0.25) is 0 Å². The maximum absolute atomic E-state index is 12.9. The predicted molar refractivity (Wildman–Crippen MR) is 94.1 cm³/mol. The third kappa shape index (κ3) is 2.12. The summed E-state index contributed by atoms with van der Waals surface area (Å²) in [6, 6.07) is 15.5. The van der Waals surface area contributed by atoms with Crippen molar-refractivity contribution in [1.82, 2.24) is 4.98 Å². The van der Waals surface area contributed by atoms with E-state index in [2.05, 4.69) is 20.9 Å². The molecular weight excluding hydrogens is 370 g/mol. The van der Waals surface area contributed by atoms with E-state index in [1.165, 1.54) is 7.11 Å². The Morgan fingerprint density at radius 3 is 2.54 bits per heavy atom. The molecule has 1 aliphatic rings. The molecule has 2 atom stereocenters. The van der Waals surface area contributed by atoms with Crippen LogP contribution in [0.5, 0.6) is 0 Å². The molecule has 1 aliphatic carbocycles. The lowest BCUT2D eigenvalue weighted by Crippen LogP contribution is -2.26. The summed E-state index contributed by atoms with van der Waals surface area (Å²) < 4.78 is 5.86. The number of H-pyrrole nitrogens is 1. The van der Waals surface area contributed by atoms with Crippen LogP contribution in [0.15, 0.2) is 53.0 Å². The van der Waals surface area contributed by atoms with E-state index >= 15 is 0 Å². The first-order valence-electron chi connectivity index (χ1n) is 7.60. The first kappa shape index (κ1) is 15.1. The van der Waals surface area contributed by atoms with Gasteiger partial charge in [-0.1, -0.05) is 46.3 Å². The fraction of sp³-hybridized carbons (Fsp3) is 0.158. The number of carbonyl (C=O) groups excluding carboxylic acids is 2. The number of benzene rings is 2. The number of hydrogen-bond acceptors (Lipinski definition) is 3. The molecule has 0 aliphatic heterocycles. The monoisotopic (exact) mass is 383 g/mol. The fourth-order valence-corrected chi connectivity index (χ4v) is 3.82. The van der Waals surface area contributed by atoms with Crippen LogP contribution < -0.4 is 0 Å². The molecule has 5 heteroatoms. The van der Waals surface area contributed by atoms with Gasteiger partial charge in [-0.3, -0.25) is 9.59 Å². The number of methoxy groups -OCH3 is 1. The first-order chi connectivity index (χ1) is 11.6. The van der Waals surface area contributed by atoms with Crippen molar-refractivity contribution < 1.29 is 14.3 Å². The smallest absolute Gasteiger partial charge is 0.317 e. The highest BCUT2D eigenvalue weighted by Gasteiger charge is 2.47. The van der Waals surface area contributed by atoms with E-state index in [4.69, 9.17) is 4.74 Å². The second kappa shape index (κ2) is 5.60. The number of esters is 1. The van der Waals surface area contributed by atoms with Gasteiger partial charge in [-0.15, -0.1) is 0 Å². The average molecular weight is 384 g/mol. The number of aromatic amines is 1. The lowest BCUT2D eigenvalue weighted by Gasteiger charge is -2.18. The van der Waals surface area contributed by atoms with Crippen molar-refractivity contribution in [3.05, 3.63) is 69.8 Å². The van der Waals surface area contributed by atoms with E-state index in [9.17, 15) is 9.59 Å². The van der Waals surface area contributed by atoms with Crippen molar-refractivity contribution in [2.24, 2.45) is 5.92 Å². The summed E-state index contributed by atoms with van der Waals surface area (Å²) in [6.07, 6.45) is 0. The second-order valence-electron chi connectivity index (χ2n) is 5.85. The molecular formula is C19H14BrNO3. The second-order valence-corrected chi connectivity index (χ2v) is 6.77. The molecule has 0 saturated carbocycles. The largest absolute Gasteiger partial charge is 0.468 e. The van der Waals surface area contributed by atoms with Crippen LogP contribution >= 0.6 is 15.9 Å². The Hall–Kier alpha value is -2.40. The summed E-state index contributed by atoms with van der Waals surface area (Å²) >= 11 is 3.42. The Kier molecular flexibility index (Phi) is 3.53. The molecule has 0 spiro atoms. The molecule has 4 nitrogen and oxygen atoms in total. The van der Waals surface area contributed by atoms with Crippen molar-refractivity contribution >= 4 is 38.6 Å². The van der Waals surface area contributed by atoms with E-state index in [1.807, 2.05) is 48.5 Å². The summed E-state index contributed by atoms with van der Waals surface area (Å²) in [7, 11) is 1.32. The van der Waals surface area contributed by atoms with Gasteiger partial charge in [0.15, 0.2) is 5.78 Å². The van der Waals surface area contributed by atoms with Crippen molar-refractivity contribution in [3.63, 3.8) is 0 Å². The van der Waals surface area contributed by atoms with Crippen LogP contribution in [0.3, 0.4) is 0 Å². The van der Waals surface area contributed by atoms with Gasteiger partial charge >= 0.3 is 5.97 Å². The van der Waals surface area contributed by atoms with E-state index < -0.39 is 11.9 Å². The summed E-state index contributed by atoms with van der Waals surface area (Å²) in [5, 5.41) is 0.972. The number of para-hydroxylation sites is 1. The molecule has 2 aromatic carbocycles. The Morgan fingerprint density at radius 2 is 1.83 bits per heavy atom. The first-order valence-corrected chi connectivity index (χ1v) is 8.39. The highest BCUT2D eigenvalue weighted by molar-refractivity contribution is 9.10.